The first-order chi connectivity index (χ1) is 14.7. The van der Waals surface area contributed by atoms with Crippen molar-refractivity contribution in [1.29, 1.82) is 0 Å². The molecule has 186 valence electrons. The molecule has 0 aromatic carbocycles. The minimum atomic E-state index is 0.649. The zero-order chi connectivity index (χ0) is 23.1. The summed E-state index contributed by atoms with van der Waals surface area (Å²) in [5.41, 5.74) is 10.7. The van der Waals surface area contributed by atoms with Gasteiger partial charge < -0.3 is 16.2 Å². The minimum absolute atomic E-state index is 0.649. The van der Waals surface area contributed by atoms with Gasteiger partial charge in [0.25, 0.3) is 0 Å². The lowest BCUT2D eigenvalue weighted by molar-refractivity contribution is 0.137. The fourth-order valence-electron chi connectivity index (χ4n) is 3.28. The Morgan fingerprint density at radius 2 is 0.967 bits per heavy atom. The van der Waals surface area contributed by atoms with Crippen LogP contribution in [0.25, 0.3) is 0 Å². The van der Waals surface area contributed by atoms with E-state index in [-0.39, 0.29) is 0 Å². The van der Waals surface area contributed by atoms with Crippen molar-refractivity contribution >= 4 is 0 Å². The first-order valence-corrected chi connectivity index (χ1v) is 13.7. The Bertz CT molecular complexity index is 237. The van der Waals surface area contributed by atoms with E-state index in [1.165, 1.54) is 109 Å². The molecule has 0 heterocycles. The second-order valence-electron chi connectivity index (χ2n) is 8.68. The molecule has 3 nitrogen and oxygen atoms in total. The number of unbranched alkanes of at least 4 members (excludes halogenated alkanes) is 14. The fraction of sp³-hybridized carbons (Fsp3) is 1.00. The molecule has 0 bridgehead atoms. The Hall–Kier alpha value is -0.120. The van der Waals surface area contributed by atoms with Crippen molar-refractivity contribution in [2.75, 3.05) is 26.3 Å². The summed E-state index contributed by atoms with van der Waals surface area (Å²) in [6.45, 7) is 14.0. The third-order valence-corrected chi connectivity index (χ3v) is 5.14. The van der Waals surface area contributed by atoms with Crippen LogP contribution < -0.4 is 11.5 Å². The van der Waals surface area contributed by atoms with Gasteiger partial charge >= 0.3 is 0 Å². The molecular weight excluding hydrogens is 368 g/mol. The predicted octanol–water partition coefficient (Wildman–Crippen LogP) is 8.24. The summed E-state index contributed by atoms with van der Waals surface area (Å²) in [5.74, 6) is 0.890. The van der Waals surface area contributed by atoms with E-state index in [2.05, 4.69) is 20.8 Å². The maximum Gasteiger partial charge on any atom is 0.0588 e. The molecule has 0 atom stereocenters. The van der Waals surface area contributed by atoms with Gasteiger partial charge in [0, 0.05) is 13.2 Å². The number of hydrogen-bond acceptors (Lipinski definition) is 3. The van der Waals surface area contributed by atoms with Crippen molar-refractivity contribution in [3.63, 3.8) is 0 Å². The maximum atomic E-state index is 5.45. The standard InChI is InChI=1S/C14H31N.C11H25NO.C2H6/c1-14(2)12-10-8-6-4-3-5-7-9-11-13-15;1-2-3-4-5-6-7-8-10-13-11-9-12;1-2/h14H,3-13,15H2,1-2H3;2-12H2,1H3;1-2H3. The van der Waals surface area contributed by atoms with Gasteiger partial charge in [-0.05, 0) is 25.3 Å². The van der Waals surface area contributed by atoms with Crippen molar-refractivity contribution in [3.8, 4) is 0 Å². The van der Waals surface area contributed by atoms with Gasteiger partial charge in [-0.15, -0.1) is 0 Å². The largest absolute Gasteiger partial charge is 0.380 e. The van der Waals surface area contributed by atoms with Crippen LogP contribution in [0.1, 0.15) is 144 Å². The molecule has 0 aromatic heterocycles. The van der Waals surface area contributed by atoms with Gasteiger partial charge in [-0.25, -0.2) is 0 Å². The smallest absolute Gasteiger partial charge is 0.0588 e. The van der Waals surface area contributed by atoms with Gasteiger partial charge in [0.1, 0.15) is 0 Å². The fourth-order valence-corrected chi connectivity index (χ4v) is 3.28. The molecule has 4 N–H and O–H groups in total. The van der Waals surface area contributed by atoms with E-state index in [0.29, 0.717) is 6.54 Å². The molecule has 0 amide bonds. The van der Waals surface area contributed by atoms with Crippen LogP contribution in [0.5, 0.6) is 0 Å². The molecule has 0 aliphatic carbocycles. The van der Waals surface area contributed by atoms with Gasteiger partial charge in [0.2, 0.25) is 0 Å². The molecule has 0 rings (SSSR count). The first kappa shape index (κ1) is 34.5. The summed E-state index contributed by atoms with van der Waals surface area (Å²) in [6, 6.07) is 0. The second kappa shape index (κ2) is 36.3. The molecule has 0 aliphatic heterocycles. The number of nitrogens with two attached hydrogens (primary N) is 2. The Balaban J connectivity index is -0.000000452. The third kappa shape index (κ3) is 42.1. The summed E-state index contributed by atoms with van der Waals surface area (Å²) in [6.07, 6.45) is 23.4. The second-order valence-corrected chi connectivity index (χ2v) is 8.68. The lowest BCUT2D eigenvalue weighted by atomic mass is 10.0. The van der Waals surface area contributed by atoms with Gasteiger partial charge in [0.15, 0.2) is 0 Å². The van der Waals surface area contributed by atoms with E-state index in [1.807, 2.05) is 13.8 Å². The van der Waals surface area contributed by atoms with Gasteiger partial charge in [-0.1, -0.05) is 131 Å². The Morgan fingerprint density at radius 1 is 0.533 bits per heavy atom. The molecule has 3 heteroatoms. The number of ether oxygens (including phenoxy) is 1. The zero-order valence-electron chi connectivity index (χ0n) is 22.0. The van der Waals surface area contributed by atoms with E-state index in [4.69, 9.17) is 16.2 Å². The third-order valence-electron chi connectivity index (χ3n) is 5.14. The molecule has 0 fully saturated rings. The van der Waals surface area contributed by atoms with Crippen LogP contribution in [0, 0.1) is 5.92 Å². The highest BCUT2D eigenvalue weighted by Crippen LogP contribution is 2.12. The number of hydrogen-bond donors (Lipinski definition) is 2. The molecule has 0 saturated carbocycles. The molecule has 30 heavy (non-hydrogen) atoms. The number of rotatable bonds is 21. The highest BCUT2D eigenvalue weighted by molar-refractivity contribution is 4.50. The lowest BCUT2D eigenvalue weighted by Crippen LogP contribution is -2.08. The average molecular weight is 431 g/mol. The molecule has 0 unspecified atom stereocenters. The Kier molecular flexibility index (Phi) is 41.7. The Morgan fingerprint density at radius 3 is 1.40 bits per heavy atom. The minimum Gasteiger partial charge on any atom is -0.380 e. The van der Waals surface area contributed by atoms with Gasteiger partial charge in [-0.3, -0.25) is 0 Å². The van der Waals surface area contributed by atoms with E-state index in [9.17, 15) is 0 Å². The summed E-state index contributed by atoms with van der Waals surface area (Å²) in [4.78, 5) is 0. The van der Waals surface area contributed by atoms with Crippen LogP contribution in [-0.4, -0.2) is 26.3 Å². The van der Waals surface area contributed by atoms with Crippen LogP contribution in [0.3, 0.4) is 0 Å². The quantitative estimate of drug-likeness (QED) is 0.180. The van der Waals surface area contributed by atoms with Gasteiger partial charge in [-0.2, -0.15) is 0 Å². The van der Waals surface area contributed by atoms with Crippen LogP contribution in [0.15, 0.2) is 0 Å². The van der Waals surface area contributed by atoms with Crippen LogP contribution in [0.4, 0.5) is 0 Å². The average Bonchev–Trinajstić information content (AvgIpc) is 2.75. The van der Waals surface area contributed by atoms with Crippen molar-refractivity contribution < 1.29 is 4.74 Å². The highest BCUT2D eigenvalue weighted by atomic mass is 16.5. The summed E-state index contributed by atoms with van der Waals surface area (Å²) in [5, 5.41) is 0. The predicted molar refractivity (Wildman–Crippen MR) is 139 cm³/mol. The molecule has 0 aliphatic rings. The topological polar surface area (TPSA) is 61.3 Å². The molecule has 0 radical (unpaired) electrons. The van der Waals surface area contributed by atoms with Gasteiger partial charge in [0.05, 0.1) is 6.61 Å². The van der Waals surface area contributed by atoms with E-state index in [1.54, 1.807) is 0 Å². The first-order valence-electron chi connectivity index (χ1n) is 13.7. The van der Waals surface area contributed by atoms with Crippen LogP contribution in [0.2, 0.25) is 0 Å². The Labute approximate surface area is 192 Å². The molecule has 0 saturated heterocycles. The molecular formula is C27H62N2O. The van der Waals surface area contributed by atoms with E-state index in [0.717, 1.165) is 25.7 Å². The lowest BCUT2D eigenvalue weighted by Gasteiger charge is -2.04. The van der Waals surface area contributed by atoms with Crippen molar-refractivity contribution in [1.82, 2.24) is 0 Å². The van der Waals surface area contributed by atoms with Crippen LogP contribution in [-0.2, 0) is 4.74 Å². The summed E-state index contributed by atoms with van der Waals surface area (Å²) >= 11 is 0. The monoisotopic (exact) mass is 430 g/mol. The van der Waals surface area contributed by atoms with Crippen molar-refractivity contribution in [2.45, 2.75) is 144 Å². The van der Waals surface area contributed by atoms with Crippen molar-refractivity contribution in [3.05, 3.63) is 0 Å². The molecule has 0 spiro atoms. The zero-order valence-corrected chi connectivity index (χ0v) is 22.0. The summed E-state index contributed by atoms with van der Waals surface area (Å²) < 4.78 is 5.29. The van der Waals surface area contributed by atoms with E-state index >= 15 is 0 Å². The summed E-state index contributed by atoms with van der Waals surface area (Å²) in [7, 11) is 0. The highest BCUT2D eigenvalue weighted by Gasteiger charge is 1.95. The SMILES string of the molecule is CC.CC(C)CCCCCCCCCCCN.CCCCCCCCCOCCN. The maximum absolute atomic E-state index is 5.45. The van der Waals surface area contributed by atoms with Crippen molar-refractivity contribution in [2.24, 2.45) is 17.4 Å². The van der Waals surface area contributed by atoms with E-state index < -0.39 is 0 Å². The normalized spacial score (nSPS) is 10.4. The van der Waals surface area contributed by atoms with Crippen LogP contribution >= 0.6 is 0 Å². The molecule has 0 aromatic rings.